The summed E-state index contributed by atoms with van der Waals surface area (Å²) in [4.78, 5) is 13.2. The summed E-state index contributed by atoms with van der Waals surface area (Å²) in [5, 5.41) is 1.74. The second-order valence-electron chi connectivity index (χ2n) is 5.30. The molecule has 122 valence electrons. The summed E-state index contributed by atoms with van der Waals surface area (Å²) in [5.74, 6) is 1.28. The minimum atomic E-state index is -3.33. The van der Waals surface area contributed by atoms with Crippen LogP contribution in [0, 0.1) is 0 Å². The van der Waals surface area contributed by atoms with E-state index in [2.05, 4.69) is 25.1 Å². The topological polar surface area (TPSA) is 106 Å². The summed E-state index contributed by atoms with van der Waals surface area (Å²) >= 11 is 0. The first-order chi connectivity index (χ1) is 10.8. The highest BCUT2D eigenvalue weighted by Gasteiger charge is 2.18. The van der Waals surface area contributed by atoms with Crippen molar-refractivity contribution in [2.24, 2.45) is 4.99 Å². The summed E-state index contributed by atoms with van der Waals surface area (Å²) in [6.45, 7) is 0. The van der Waals surface area contributed by atoms with Crippen molar-refractivity contribution >= 4 is 45.1 Å². The van der Waals surface area contributed by atoms with Gasteiger partial charge in [-0.2, -0.15) is 0 Å². The molecule has 0 unspecified atom stereocenters. The normalized spacial score (nSPS) is 13.4. The van der Waals surface area contributed by atoms with Gasteiger partial charge in [-0.25, -0.2) is 23.4 Å². The first-order valence-corrected chi connectivity index (χ1v) is 8.65. The van der Waals surface area contributed by atoms with E-state index in [4.69, 9.17) is 0 Å². The highest BCUT2D eigenvalue weighted by molar-refractivity contribution is 7.92. The first kappa shape index (κ1) is 15.2. The number of aliphatic imine (C=N–C) groups is 1. The molecule has 0 fully saturated rings. The Balaban J connectivity index is 1.96. The van der Waals surface area contributed by atoms with Gasteiger partial charge in [0.15, 0.2) is 11.6 Å². The molecular weight excluding hydrogens is 318 g/mol. The average Bonchev–Trinajstić information content (AvgIpc) is 2.92. The van der Waals surface area contributed by atoms with Crippen molar-refractivity contribution in [3.8, 4) is 0 Å². The van der Waals surface area contributed by atoms with Crippen molar-refractivity contribution in [1.82, 2.24) is 9.97 Å². The number of imidazole rings is 1. The molecule has 0 atom stereocenters. The van der Waals surface area contributed by atoms with E-state index in [-0.39, 0.29) is 0 Å². The summed E-state index contributed by atoms with van der Waals surface area (Å²) in [7, 11) is 0.434. The predicted molar refractivity (Wildman–Crippen MR) is 92.1 cm³/mol. The zero-order valence-corrected chi connectivity index (χ0v) is 13.7. The lowest BCUT2D eigenvalue weighted by Crippen LogP contribution is -2.32. The molecule has 0 amide bonds. The quantitative estimate of drug-likeness (QED) is 0.779. The molecule has 3 N–H and O–H groups in total. The molecule has 0 saturated heterocycles. The number of sulfonamides is 1. The lowest BCUT2D eigenvalue weighted by molar-refractivity contribution is 0.607. The number of aromatic amines is 1. The fraction of sp³-hybridized carbons (Fsp3) is 0.231. The van der Waals surface area contributed by atoms with Crippen LogP contribution in [0.5, 0.6) is 0 Å². The fourth-order valence-electron chi connectivity index (χ4n) is 2.21. The van der Waals surface area contributed by atoms with E-state index in [1.165, 1.54) is 0 Å². The first-order valence-electron chi connectivity index (χ1n) is 6.76. The minimum Gasteiger partial charge on any atom is -0.376 e. The van der Waals surface area contributed by atoms with Crippen molar-refractivity contribution < 1.29 is 8.42 Å². The molecule has 0 saturated carbocycles. The Morgan fingerprint density at radius 2 is 2.09 bits per heavy atom. The molecule has 0 spiro atoms. The maximum Gasteiger partial charge on any atom is 0.229 e. The van der Waals surface area contributed by atoms with Crippen LogP contribution in [0.3, 0.4) is 0 Å². The number of H-pyrrole nitrogens is 1. The van der Waals surface area contributed by atoms with Gasteiger partial charge in [-0.1, -0.05) is 0 Å². The molecule has 2 aromatic rings. The molecule has 0 aliphatic carbocycles. The number of nitrogens with zero attached hydrogens (tertiary/aromatic N) is 4. The van der Waals surface area contributed by atoms with Gasteiger partial charge in [-0.3, -0.25) is 10.1 Å². The standard InChI is InChI=1S/C13H17N7O2S/c1-19(2)11-6-9(18-23(3,21)22)4-5-10(11)20-8-16-12-13(17-20)15-7-14-12/h4-8,17-18H,1-3H3,(H,14,15). The highest BCUT2D eigenvalue weighted by Crippen LogP contribution is 2.33. The Hall–Kier alpha value is -2.75. The van der Waals surface area contributed by atoms with E-state index in [1.807, 2.05) is 25.1 Å². The molecule has 1 aliphatic heterocycles. The molecule has 23 heavy (non-hydrogen) atoms. The van der Waals surface area contributed by atoms with Gasteiger partial charge in [0, 0.05) is 14.1 Å². The van der Waals surface area contributed by atoms with Crippen molar-refractivity contribution in [3.05, 3.63) is 24.5 Å². The van der Waals surface area contributed by atoms with E-state index < -0.39 is 10.0 Å². The number of aromatic nitrogens is 2. The maximum absolute atomic E-state index is 11.4. The predicted octanol–water partition coefficient (Wildman–Crippen LogP) is 1.35. The number of rotatable bonds is 4. The van der Waals surface area contributed by atoms with Gasteiger partial charge in [-0.05, 0) is 18.2 Å². The monoisotopic (exact) mass is 335 g/mol. The number of anilines is 4. The lowest BCUT2D eigenvalue weighted by Gasteiger charge is -2.28. The Bertz CT molecular complexity index is 857. The number of fused-ring (bicyclic) bond motifs is 1. The zero-order valence-electron chi connectivity index (χ0n) is 12.9. The second-order valence-corrected chi connectivity index (χ2v) is 7.05. The summed E-state index contributed by atoms with van der Waals surface area (Å²) in [5.41, 5.74) is 5.29. The van der Waals surface area contributed by atoms with Crippen LogP contribution in [0.1, 0.15) is 0 Å². The number of hydrazine groups is 1. The van der Waals surface area contributed by atoms with Gasteiger partial charge < -0.3 is 9.88 Å². The second kappa shape index (κ2) is 5.47. The smallest absolute Gasteiger partial charge is 0.229 e. The molecule has 2 heterocycles. The van der Waals surface area contributed by atoms with Crippen molar-refractivity contribution in [3.63, 3.8) is 0 Å². The largest absolute Gasteiger partial charge is 0.376 e. The number of hydrogen-bond acceptors (Lipinski definition) is 7. The van der Waals surface area contributed by atoms with Gasteiger partial charge in [0.25, 0.3) is 0 Å². The third-order valence-electron chi connectivity index (χ3n) is 3.17. The molecule has 1 aromatic carbocycles. The van der Waals surface area contributed by atoms with Crippen LogP contribution >= 0.6 is 0 Å². The third-order valence-corrected chi connectivity index (χ3v) is 3.77. The van der Waals surface area contributed by atoms with Crippen LogP contribution in [0.25, 0.3) is 0 Å². The highest BCUT2D eigenvalue weighted by atomic mass is 32.2. The number of nitrogens with one attached hydrogen (secondary N) is 3. The lowest BCUT2D eigenvalue weighted by atomic mass is 10.2. The molecule has 9 nitrogen and oxygen atoms in total. The van der Waals surface area contributed by atoms with Crippen LogP contribution in [-0.2, 0) is 10.0 Å². The van der Waals surface area contributed by atoms with Crippen LogP contribution in [-0.4, -0.2) is 45.1 Å². The van der Waals surface area contributed by atoms with E-state index in [0.717, 1.165) is 17.6 Å². The van der Waals surface area contributed by atoms with Crippen LogP contribution < -0.4 is 20.1 Å². The van der Waals surface area contributed by atoms with E-state index >= 15 is 0 Å². The van der Waals surface area contributed by atoms with Crippen LogP contribution in [0.4, 0.5) is 28.7 Å². The van der Waals surface area contributed by atoms with Crippen molar-refractivity contribution in [2.75, 3.05) is 40.4 Å². The van der Waals surface area contributed by atoms with Crippen LogP contribution in [0.2, 0.25) is 0 Å². The van der Waals surface area contributed by atoms with Crippen LogP contribution in [0.15, 0.2) is 29.5 Å². The molecule has 1 aliphatic rings. The minimum absolute atomic E-state index is 0.496. The maximum atomic E-state index is 11.4. The zero-order chi connectivity index (χ0) is 16.6. The molecule has 1 aromatic heterocycles. The van der Waals surface area contributed by atoms with E-state index in [9.17, 15) is 8.42 Å². The Morgan fingerprint density at radius 1 is 1.30 bits per heavy atom. The molecule has 0 bridgehead atoms. The SMILES string of the molecule is CN(C)c1cc(NS(C)(=O)=O)ccc1N1C=Nc2nc[nH]c2N1. The molecule has 10 heteroatoms. The van der Waals surface area contributed by atoms with E-state index in [1.54, 1.807) is 29.8 Å². The van der Waals surface area contributed by atoms with Gasteiger partial charge >= 0.3 is 0 Å². The number of hydrogen-bond donors (Lipinski definition) is 3. The van der Waals surface area contributed by atoms with Gasteiger partial charge in [-0.15, -0.1) is 0 Å². The Morgan fingerprint density at radius 3 is 2.78 bits per heavy atom. The fourth-order valence-corrected chi connectivity index (χ4v) is 2.77. The Labute approximate surface area is 134 Å². The van der Waals surface area contributed by atoms with Gasteiger partial charge in [0.05, 0.1) is 29.6 Å². The average molecular weight is 335 g/mol. The summed E-state index contributed by atoms with van der Waals surface area (Å²) in [6, 6.07) is 5.26. The van der Waals surface area contributed by atoms with Crippen molar-refractivity contribution in [1.29, 1.82) is 0 Å². The van der Waals surface area contributed by atoms with Crippen molar-refractivity contribution in [2.45, 2.75) is 0 Å². The van der Waals surface area contributed by atoms with E-state index in [0.29, 0.717) is 17.3 Å². The molecule has 3 rings (SSSR count). The van der Waals surface area contributed by atoms with Gasteiger partial charge in [0.2, 0.25) is 10.0 Å². The number of benzene rings is 1. The summed E-state index contributed by atoms with van der Waals surface area (Å²) < 4.78 is 25.3. The van der Waals surface area contributed by atoms with Gasteiger partial charge in [0.1, 0.15) is 6.34 Å². The Kier molecular flexibility index (Phi) is 3.60. The molecular formula is C13H17N7O2S. The summed E-state index contributed by atoms with van der Waals surface area (Å²) in [6.07, 6.45) is 4.30. The third kappa shape index (κ3) is 3.21. The molecule has 0 radical (unpaired) electrons.